The Morgan fingerprint density at radius 1 is 1.27 bits per heavy atom. The van der Waals surface area contributed by atoms with E-state index in [0.717, 1.165) is 26.0 Å². The molecule has 0 aliphatic carbocycles. The van der Waals surface area contributed by atoms with Gasteiger partial charge in [0.05, 0.1) is 13.2 Å². The lowest BCUT2D eigenvalue weighted by Crippen LogP contribution is -2.37. The van der Waals surface area contributed by atoms with Crippen LogP contribution in [-0.2, 0) is 20.7 Å². The van der Waals surface area contributed by atoms with E-state index < -0.39 is 17.6 Å². The molecule has 0 saturated heterocycles. The summed E-state index contributed by atoms with van der Waals surface area (Å²) < 4.78 is 4.36. The maximum Gasteiger partial charge on any atom is 0.373 e. The number of carbonyl (C=O) groups excluding carboxylic acids is 2. The summed E-state index contributed by atoms with van der Waals surface area (Å²) in [5, 5.41) is 9.46. The summed E-state index contributed by atoms with van der Waals surface area (Å²) in [5.41, 5.74) is 1.21. The molecule has 0 fully saturated rings. The van der Waals surface area contributed by atoms with Crippen LogP contribution in [-0.4, -0.2) is 41.6 Å². The lowest BCUT2D eigenvalue weighted by atomic mass is 10.1. The minimum absolute atomic E-state index is 0.0232. The molecule has 5 heteroatoms. The summed E-state index contributed by atoms with van der Waals surface area (Å²) in [7, 11) is 1.15. The third-order valence-corrected chi connectivity index (χ3v) is 3.27. The molecule has 1 N–H and O–H groups in total. The zero-order chi connectivity index (χ0) is 16.5. The maximum atomic E-state index is 12.1. The minimum atomic E-state index is -0.915. The van der Waals surface area contributed by atoms with E-state index >= 15 is 0 Å². The molecule has 0 atom stereocenters. The van der Waals surface area contributed by atoms with Crippen LogP contribution in [0.3, 0.4) is 0 Å². The van der Waals surface area contributed by atoms with E-state index in [0.29, 0.717) is 6.54 Å². The highest BCUT2D eigenvalue weighted by Crippen LogP contribution is 2.08. The number of esters is 1. The van der Waals surface area contributed by atoms with E-state index in [-0.39, 0.29) is 6.04 Å². The smallest absolute Gasteiger partial charge is 0.373 e. The topological polar surface area (TPSA) is 66.8 Å². The third kappa shape index (κ3) is 5.60. The standard InChI is InChI=1S/C17H23NO4/c1-13(2)18(16(20)12-15(19)17(21)22-3)11-7-10-14-8-5-4-6-9-14/h4-6,8-9,12-13,19H,7,10-11H2,1-3H3/b15-12-. The van der Waals surface area contributed by atoms with E-state index in [1.54, 1.807) is 4.90 Å². The number of ether oxygens (including phenoxy) is 1. The Morgan fingerprint density at radius 2 is 1.91 bits per heavy atom. The van der Waals surface area contributed by atoms with Crippen molar-refractivity contribution in [2.75, 3.05) is 13.7 Å². The third-order valence-electron chi connectivity index (χ3n) is 3.27. The van der Waals surface area contributed by atoms with Crippen LogP contribution in [0.25, 0.3) is 0 Å². The Balaban J connectivity index is 2.61. The van der Waals surface area contributed by atoms with Gasteiger partial charge in [0, 0.05) is 12.6 Å². The molecule has 0 heterocycles. The maximum absolute atomic E-state index is 12.1. The molecule has 1 rings (SSSR count). The highest BCUT2D eigenvalue weighted by molar-refractivity contribution is 5.96. The van der Waals surface area contributed by atoms with Crippen molar-refractivity contribution < 1.29 is 19.4 Å². The fraction of sp³-hybridized carbons (Fsp3) is 0.412. The van der Waals surface area contributed by atoms with Crippen molar-refractivity contribution in [3.05, 3.63) is 47.7 Å². The van der Waals surface area contributed by atoms with Crippen LogP contribution in [0.5, 0.6) is 0 Å². The van der Waals surface area contributed by atoms with E-state index in [9.17, 15) is 14.7 Å². The molecule has 1 aromatic rings. The number of amides is 1. The van der Waals surface area contributed by atoms with Gasteiger partial charge in [-0.3, -0.25) is 4.79 Å². The molecule has 1 amide bonds. The second-order valence-electron chi connectivity index (χ2n) is 5.24. The number of carbonyl (C=O) groups is 2. The molecule has 0 bridgehead atoms. The number of rotatable bonds is 7. The van der Waals surface area contributed by atoms with Gasteiger partial charge in [-0.25, -0.2) is 4.79 Å². The van der Waals surface area contributed by atoms with Crippen molar-refractivity contribution in [1.82, 2.24) is 4.90 Å². The molecular formula is C17H23NO4. The molecular weight excluding hydrogens is 282 g/mol. The Bertz CT molecular complexity index is 523. The van der Waals surface area contributed by atoms with Crippen LogP contribution in [0.15, 0.2) is 42.2 Å². The predicted octanol–water partition coefficient (Wildman–Crippen LogP) is 2.47. The van der Waals surface area contributed by atoms with E-state index in [2.05, 4.69) is 4.74 Å². The lowest BCUT2D eigenvalue weighted by molar-refractivity contribution is -0.139. The van der Waals surface area contributed by atoms with Crippen LogP contribution in [0.4, 0.5) is 0 Å². The van der Waals surface area contributed by atoms with Crippen molar-refractivity contribution in [3.63, 3.8) is 0 Å². The molecule has 0 radical (unpaired) electrons. The first-order valence-electron chi connectivity index (χ1n) is 7.29. The largest absolute Gasteiger partial charge is 0.502 e. The first-order valence-corrected chi connectivity index (χ1v) is 7.29. The average Bonchev–Trinajstić information content (AvgIpc) is 2.51. The van der Waals surface area contributed by atoms with E-state index in [4.69, 9.17) is 0 Å². The summed E-state index contributed by atoms with van der Waals surface area (Å²) >= 11 is 0. The van der Waals surface area contributed by atoms with Gasteiger partial charge in [-0.15, -0.1) is 0 Å². The van der Waals surface area contributed by atoms with Crippen LogP contribution in [0.2, 0.25) is 0 Å². The van der Waals surface area contributed by atoms with Crippen LogP contribution in [0.1, 0.15) is 25.8 Å². The number of hydrogen-bond donors (Lipinski definition) is 1. The monoisotopic (exact) mass is 305 g/mol. The Hall–Kier alpha value is -2.30. The van der Waals surface area contributed by atoms with Gasteiger partial charge < -0.3 is 14.7 Å². The first-order chi connectivity index (χ1) is 10.5. The normalized spacial score (nSPS) is 11.4. The van der Waals surface area contributed by atoms with Crippen molar-refractivity contribution in [1.29, 1.82) is 0 Å². The van der Waals surface area contributed by atoms with Crippen molar-refractivity contribution in [2.24, 2.45) is 0 Å². The quantitative estimate of drug-likeness (QED) is 0.477. The number of aryl methyl sites for hydroxylation is 1. The molecule has 0 aliphatic heterocycles. The number of benzene rings is 1. The van der Waals surface area contributed by atoms with Gasteiger partial charge in [0.2, 0.25) is 5.76 Å². The SMILES string of the molecule is COC(=O)/C(O)=C/C(=O)N(CCCc1ccccc1)C(C)C. The van der Waals surface area contributed by atoms with Gasteiger partial charge in [0.1, 0.15) is 0 Å². The number of hydrogen-bond acceptors (Lipinski definition) is 4. The Kier molecular flexibility index (Phi) is 7.16. The Labute approximate surface area is 131 Å². The van der Waals surface area contributed by atoms with Gasteiger partial charge >= 0.3 is 5.97 Å². The summed E-state index contributed by atoms with van der Waals surface area (Å²) in [6, 6.07) is 10.0. The molecule has 0 unspecified atom stereocenters. The van der Waals surface area contributed by atoms with Gasteiger partial charge in [0.15, 0.2) is 0 Å². The summed E-state index contributed by atoms with van der Waals surface area (Å²) in [4.78, 5) is 24.9. The fourth-order valence-corrected chi connectivity index (χ4v) is 2.08. The van der Waals surface area contributed by atoms with Crippen LogP contribution >= 0.6 is 0 Å². The fourth-order valence-electron chi connectivity index (χ4n) is 2.08. The summed E-state index contributed by atoms with van der Waals surface area (Å²) in [6.07, 6.45) is 2.58. The summed E-state index contributed by atoms with van der Waals surface area (Å²) in [6.45, 7) is 4.34. The second kappa shape index (κ2) is 8.87. The Morgan fingerprint density at radius 3 is 2.45 bits per heavy atom. The molecule has 5 nitrogen and oxygen atoms in total. The number of aliphatic hydroxyl groups excluding tert-OH is 1. The minimum Gasteiger partial charge on any atom is -0.502 e. The average molecular weight is 305 g/mol. The zero-order valence-electron chi connectivity index (χ0n) is 13.3. The van der Waals surface area contributed by atoms with E-state index in [1.807, 2.05) is 44.2 Å². The molecule has 0 aliphatic rings. The molecule has 0 aromatic heterocycles. The highest BCUT2D eigenvalue weighted by Gasteiger charge is 2.17. The van der Waals surface area contributed by atoms with Gasteiger partial charge in [-0.05, 0) is 32.3 Å². The number of aliphatic hydroxyl groups is 1. The number of nitrogens with zero attached hydrogens (tertiary/aromatic N) is 1. The van der Waals surface area contributed by atoms with E-state index in [1.165, 1.54) is 5.56 Å². The van der Waals surface area contributed by atoms with Gasteiger partial charge in [-0.2, -0.15) is 0 Å². The summed E-state index contributed by atoms with van der Waals surface area (Å²) in [5.74, 6) is -1.99. The second-order valence-corrected chi connectivity index (χ2v) is 5.24. The predicted molar refractivity (Wildman–Crippen MR) is 84.3 cm³/mol. The van der Waals surface area contributed by atoms with Crippen molar-refractivity contribution in [3.8, 4) is 0 Å². The molecule has 0 spiro atoms. The molecule has 0 saturated carbocycles. The van der Waals surface area contributed by atoms with Crippen molar-refractivity contribution >= 4 is 11.9 Å². The number of methoxy groups -OCH3 is 1. The van der Waals surface area contributed by atoms with Gasteiger partial charge in [0.25, 0.3) is 5.91 Å². The molecule has 120 valence electrons. The first kappa shape index (κ1) is 17.8. The highest BCUT2D eigenvalue weighted by atomic mass is 16.5. The van der Waals surface area contributed by atoms with Crippen molar-refractivity contribution in [2.45, 2.75) is 32.7 Å². The van der Waals surface area contributed by atoms with Crippen LogP contribution in [0, 0.1) is 0 Å². The zero-order valence-corrected chi connectivity index (χ0v) is 13.3. The molecule has 22 heavy (non-hydrogen) atoms. The lowest BCUT2D eigenvalue weighted by Gasteiger charge is -2.25. The molecule has 1 aromatic carbocycles. The van der Waals surface area contributed by atoms with Gasteiger partial charge in [-0.1, -0.05) is 30.3 Å². The van der Waals surface area contributed by atoms with Crippen LogP contribution < -0.4 is 0 Å².